The summed E-state index contributed by atoms with van der Waals surface area (Å²) in [6, 6.07) is 3.96. The molecule has 0 aliphatic carbocycles. The number of nitrogens with one attached hydrogen (secondary N) is 1. The smallest absolute Gasteiger partial charge is 0.217 e. The van der Waals surface area contributed by atoms with Crippen molar-refractivity contribution in [2.75, 3.05) is 7.11 Å². The van der Waals surface area contributed by atoms with Gasteiger partial charge in [0, 0.05) is 23.8 Å². The van der Waals surface area contributed by atoms with Crippen LogP contribution in [0.1, 0.15) is 32.8 Å². The van der Waals surface area contributed by atoms with E-state index in [0.717, 1.165) is 18.5 Å². The van der Waals surface area contributed by atoms with Gasteiger partial charge in [-0.3, -0.25) is 0 Å². The van der Waals surface area contributed by atoms with Crippen molar-refractivity contribution in [1.29, 1.82) is 0 Å². The molecule has 1 N–H and O–H groups in total. The Morgan fingerprint density at radius 2 is 2.20 bits per heavy atom. The molecule has 0 unspecified atom stereocenters. The van der Waals surface area contributed by atoms with E-state index in [4.69, 9.17) is 4.74 Å². The minimum atomic E-state index is 0.154. The van der Waals surface area contributed by atoms with Crippen molar-refractivity contribution in [2.45, 2.75) is 39.3 Å². The standard InChI is InChI=1S/C12H20N2O/c1-5-12(2,3)14-9-10-7-6-8-13-11(10)15-4/h6-8,14H,5,9H2,1-4H3. The minimum Gasteiger partial charge on any atom is -0.481 e. The lowest BCUT2D eigenvalue weighted by Crippen LogP contribution is -2.37. The van der Waals surface area contributed by atoms with E-state index in [1.807, 2.05) is 12.1 Å². The third-order valence-electron chi connectivity index (χ3n) is 2.68. The summed E-state index contributed by atoms with van der Waals surface area (Å²) in [4.78, 5) is 4.16. The summed E-state index contributed by atoms with van der Waals surface area (Å²) in [6.07, 6.45) is 2.84. The monoisotopic (exact) mass is 208 g/mol. The van der Waals surface area contributed by atoms with Gasteiger partial charge >= 0.3 is 0 Å². The van der Waals surface area contributed by atoms with Crippen LogP contribution in [-0.4, -0.2) is 17.6 Å². The normalized spacial score (nSPS) is 11.5. The number of nitrogens with zero attached hydrogens (tertiary/aromatic N) is 1. The molecule has 3 heteroatoms. The van der Waals surface area contributed by atoms with Crippen LogP contribution >= 0.6 is 0 Å². The highest BCUT2D eigenvalue weighted by Crippen LogP contribution is 2.15. The number of hydrogen-bond acceptors (Lipinski definition) is 3. The number of pyridine rings is 1. The molecule has 0 aliphatic heterocycles. The van der Waals surface area contributed by atoms with Crippen LogP contribution in [-0.2, 0) is 6.54 Å². The highest BCUT2D eigenvalue weighted by Gasteiger charge is 2.14. The lowest BCUT2D eigenvalue weighted by atomic mass is 10.0. The Labute approximate surface area is 91.9 Å². The average molecular weight is 208 g/mol. The maximum Gasteiger partial charge on any atom is 0.217 e. The largest absolute Gasteiger partial charge is 0.481 e. The fourth-order valence-corrected chi connectivity index (χ4v) is 1.20. The molecular formula is C12H20N2O. The molecule has 0 atom stereocenters. The second kappa shape index (κ2) is 5.12. The molecule has 0 saturated carbocycles. The number of rotatable bonds is 5. The molecule has 0 fully saturated rings. The van der Waals surface area contributed by atoms with Crippen LogP contribution < -0.4 is 10.1 Å². The summed E-state index contributed by atoms with van der Waals surface area (Å²) in [7, 11) is 1.65. The summed E-state index contributed by atoms with van der Waals surface area (Å²) >= 11 is 0. The van der Waals surface area contributed by atoms with Gasteiger partial charge in [-0.15, -0.1) is 0 Å². The Kier molecular flexibility index (Phi) is 4.09. The summed E-state index contributed by atoms with van der Waals surface area (Å²) in [5.41, 5.74) is 1.25. The third kappa shape index (κ3) is 3.51. The average Bonchev–Trinajstić information content (AvgIpc) is 2.27. The van der Waals surface area contributed by atoms with Crippen molar-refractivity contribution in [3.8, 4) is 5.88 Å². The van der Waals surface area contributed by atoms with Crippen molar-refractivity contribution in [1.82, 2.24) is 10.3 Å². The Morgan fingerprint density at radius 3 is 2.80 bits per heavy atom. The van der Waals surface area contributed by atoms with E-state index in [9.17, 15) is 0 Å². The van der Waals surface area contributed by atoms with E-state index >= 15 is 0 Å². The molecule has 1 rings (SSSR count). The highest BCUT2D eigenvalue weighted by atomic mass is 16.5. The molecule has 1 aromatic rings. The van der Waals surface area contributed by atoms with Gasteiger partial charge in [0.15, 0.2) is 0 Å². The third-order valence-corrected chi connectivity index (χ3v) is 2.68. The molecule has 0 amide bonds. The van der Waals surface area contributed by atoms with Gasteiger partial charge in [-0.2, -0.15) is 0 Å². The molecule has 0 spiro atoms. The van der Waals surface area contributed by atoms with Gasteiger partial charge < -0.3 is 10.1 Å². The van der Waals surface area contributed by atoms with E-state index in [0.29, 0.717) is 5.88 Å². The van der Waals surface area contributed by atoms with E-state index in [-0.39, 0.29) is 5.54 Å². The summed E-state index contributed by atoms with van der Waals surface area (Å²) in [5.74, 6) is 0.705. The van der Waals surface area contributed by atoms with Gasteiger partial charge in [0.25, 0.3) is 0 Å². The Morgan fingerprint density at radius 1 is 1.47 bits per heavy atom. The Bertz CT molecular complexity index is 310. The summed E-state index contributed by atoms with van der Waals surface area (Å²) in [6.45, 7) is 7.34. The topological polar surface area (TPSA) is 34.2 Å². The molecule has 3 nitrogen and oxygen atoms in total. The van der Waals surface area contributed by atoms with Crippen molar-refractivity contribution in [2.24, 2.45) is 0 Å². The van der Waals surface area contributed by atoms with Gasteiger partial charge in [0.1, 0.15) is 0 Å². The first-order valence-electron chi connectivity index (χ1n) is 5.32. The second-order valence-electron chi connectivity index (χ2n) is 4.26. The summed E-state index contributed by atoms with van der Waals surface area (Å²) in [5, 5.41) is 3.48. The predicted octanol–water partition coefficient (Wildman–Crippen LogP) is 2.37. The molecule has 0 bridgehead atoms. The van der Waals surface area contributed by atoms with E-state index in [1.54, 1.807) is 13.3 Å². The van der Waals surface area contributed by atoms with Crippen LogP contribution in [0.2, 0.25) is 0 Å². The van der Waals surface area contributed by atoms with Crippen LogP contribution in [0.15, 0.2) is 18.3 Å². The second-order valence-corrected chi connectivity index (χ2v) is 4.26. The zero-order chi connectivity index (χ0) is 11.3. The molecule has 0 radical (unpaired) electrons. The minimum absolute atomic E-state index is 0.154. The van der Waals surface area contributed by atoms with E-state index < -0.39 is 0 Å². The maximum atomic E-state index is 5.19. The summed E-state index contributed by atoms with van der Waals surface area (Å²) < 4.78 is 5.19. The Balaban J connectivity index is 2.65. The van der Waals surface area contributed by atoms with Crippen molar-refractivity contribution >= 4 is 0 Å². The van der Waals surface area contributed by atoms with Gasteiger partial charge in [0.05, 0.1) is 7.11 Å². The molecule has 1 aromatic heterocycles. The fraction of sp³-hybridized carbons (Fsp3) is 0.583. The number of ether oxygens (including phenoxy) is 1. The predicted molar refractivity (Wildman–Crippen MR) is 62.0 cm³/mol. The van der Waals surface area contributed by atoms with Crippen LogP contribution in [0.5, 0.6) is 5.88 Å². The zero-order valence-electron chi connectivity index (χ0n) is 10.0. The van der Waals surface area contributed by atoms with E-state index in [2.05, 4.69) is 31.1 Å². The zero-order valence-corrected chi connectivity index (χ0v) is 10.0. The molecule has 0 aromatic carbocycles. The highest BCUT2D eigenvalue weighted by molar-refractivity contribution is 5.25. The maximum absolute atomic E-state index is 5.19. The van der Waals surface area contributed by atoms with Crippen LogP contribution in [0.25, 0.3) is 0 Å². The Hall–Kier alpha value is -1.09. The first kappa shape index (κ1) is 12.0. The SMILES string of the molecule is CCC(C)(C)NCc1cccnc1OC. The molecule has 0 aliphatic rings. The first-order valence-corrected chi connectivity index (χ1v) is 5.32. The lowest BCUT2D eigenvalue weighted by Gasteiger charge is -2.24. The van der Waals surface area contributed by atoms with Crippen molar-refractivity contribution < 1.29 is 4.74 Å². The van der Waals surface area contributed by atoms with Gasteiger partial charge in [-0.1, -0.05) is 13.0 Å². The van der Waals surface area contributed by atoms with Crippen molar-refractivity contribution in [3.05, 3.63) is 23.9 Å². The fourth-order valence-electron chi connectivity index (χ4n) is 1.20. The molecule has 84 valence electrons. The van der Waals surface area contributed by atoms with Crippen LogP contribution in [0.4, 0.5) is 0 Å². The molecular weight excluding hydrogens is 188 g/mol. The quantitative estimate of drug-likeness (QED) is 0.806. The molecule has 15 heavy (non-hydrogen) atoms. The first-order chi connectivity index (χ1) is 7.09. The van der Waals surface area contributed by atoms with Gasteiger partial charge in [-0.25, -0.2) is 4.98 Å². The van der Waals surface area contributed by atoms with E-state index in [1.165, 1.54) is 0 Å². The van der Waals surface area contributed by atoms with Gasteiger partial charge in [0.2, 0.25) is 5.88 Å². The van der Waals surface area contributed by atoms with Crippen LogP contribution in [0, 0.1) is 0 Å². The number of methoxy groups -OCH3 is 1. The molecule has 1 heterocycles. The van der Waals surface area contributed by atoms with Crippen molar-refractivity contribution in [3.63, 3.8) is 0 Å². The number of hydrogen-bond donors (Lipinski definition) is 1. The molecule has 0 saturated heterocycles. The van der Waals surface area contributed by atoms with Crippen LogP contribution in [0.3, 0.4) is 0 Å². The number of aromatic nitrogens is 1. The van der Waals surface area contributed by atoms with Gasteiger partial charge in [-0.05, 0) is 26.3 Å². The lowest BCUT2D eigenvalue weighted by molar-refractivity contribution is 0.359.